The summed E-state index contributed by atoms with van der Waals surface area (Å²) < 4.78 is 27.5. The molecule has 7 nitrogen and oxygen atoms in total. The fourth-order valence-electron chi connectivity index (χ4n) is 4.25. The fourth-order valence-corrected chi connectivity index (χ4v) is 5.90. The number of hydrogen-bond acceptors (Lipinski definition) is 4. The van der Waals surface area contributed by atoms with Crippen molar-refractivity contribution in [2.24, 2.45) is 5.92 Å². The van der Waals surface area contributed by atoms with E-state index in [4.69, 9.17) is 11.6 Å². The van der Waals surface area contributed by atoms with Crippen LogP contribution >= 0.6 is 11.6 Å². The first-order chi connectivity index (χ1) is 17.3. The summed E-state index contributed by atoms with van der Waals surface area (Å²) in [6.07, 6.45) is 1.11. The maximum atomic E-state index is 13.2. The van der Waals surface area contributed by atoms with Gasteiger partial charge in [0.05, 0.1) is 28.1 Å². The van der Waals surface area contributed by atoms with Crippen molar-refractivity contribution in [3.05, 3.63) is 95.0 Å². The lowest BCUT2D eigenvalue weighted by atomic mass is 9.98. The Hall–Kier alpha value is -3.20. The predicted molar refractivity (Wildman–Crippen MR) is 140 cm³/mol. The summed E-state index contributed by atoms with van der Waals surface area (Å²) in [4.78, 5) is 26.3. The van der Waals surface area contributed by atoms with Crippen LogP contribution in [0.15, 0.2) is 83.8 Å². The van der Waals surface area contributed by atoms with E-state index in [1.807, 2.05) is 37.3 Å². The number of nitrogens with one attached hydrogen (secondary N) is 2. The average molecular weight is 526 g/mol. The second kappa shape index (κ2) is 11.2. The summed E-state index contributed by atoms with van der Waals surface area (Å²) in [5, 5.41) is 6.27. The second-order valence-electron chi connectivity index (χ2n) is 8.80. The number of anilines is 1. The van der Waals surface area contributed by atoms with Crippen LogP contribution in [0.2, 0.25) is 5.02 Å². The summed E-state index contributed by atoms with van der Waals surface area (Å²) in [5.41, 5.74) is 1.70. The monoisotopic (exact) mass is 525 g/mol. The van der Waals surface area contributed by atoms with E-state index in [-0.39, 0.29) is 29.3 Å². The number of halogens is 1. The van der Waals surface area contributed by atoms with Crippen molar-refractivity contribution in [1.29, 1.82) is 0 Å². The summed E-state index contributed by atoms with van der Waals surface area (Å²) in [6, 6.07) is 22.2. The number of amides is 2. The van der Waals surface area contributed by atoms with E-state index in [0.717, 1.165) is 5.56 Å². The zero-order valence-electron chi connectivity index (χ0n) is 19.9. The molecule has 1 heterocycles. The minimum absolute atomic E-state index is 0.0657. The Labute approximate surface area is 216 Å². The third kappa shape index (κ3) is 5.95. The Bertz CT molecular complexity index is 1330. The Morgan fingerprint density at radius 2 is 1.64 bits per heavy atom. The topological polar surface area (TPSA) is 95.6 Å². The molecule has 36 heavy (non-hydrogen) atoms. The molecular formula is C27H28ClN3O4S. The maximum Gasteiger partial charge on any atom is 0.253 e. The molecule has 0 saturated carbocycles. The zero-order chi connectivity index (χ0) is 25.7. The standard InChI is InChI=1S/C27H28ClN3O4S/c1-19(20-8-3-2-4-9-20)29-27(33)24-11-5-6-12-25(24)30-26(32)21-10-7-17-31(18-21)36(34,35)23-15-13-22(28)14-16-23/h2-6,8-9,11-16,19,21H,7,10,17-18H2,1H3,(H,29,33)(H,30,32)/t19-,21+/m1/s1. The number of hydrogen-bond donors (Lipinski definition) is 2. The van der Waals surface area contributed by atoms with E-state index in [0.29, 0.717) is 35.7 Å². The van der Waals surface area contributed by atoms with Gasteiger partial charge in [-0.15, -0.1) is 0 Å². The quantitative estimate of drug-likeness (QED) is 0.460. The van der Waals surface area contributed by atoms with E-state index < -0.39 is 15.9 Å². The molecule has 0 spiro atoms. The number of nitrogens with zero attached hydrogens (tertiary/aromatic N) is 1. The molecule has 188 valence electrons. The molecule has 1 aliphatic rings. The van der Waals surface area contributed by atoms with Gasteiger partial charge in [0.2, 0.25) is 15.9 Å². The first kappa shape index (κ1) is 25.9. The van der Waals surface area contributed by atoms with Gasteiger partial charge in [-0.25, -0.2) is 8.42 Å². The van der Waals surface area contributed by atoms with Gasteiger partial charge in [0.25, 0.3) is 5.91 Å². The molecule has 4 rings (SSSR count). The molecule has 3 aromatic carbocycles. The molecule has 2 atom stereocenters. The van der Waals surface area contributed by atoms with Gasteiger partial charge < -0.3 is 10.6 Å². The highest BCUT2D eigenvalue weighted by Gasteiger charge is 2.33. The van der Waals surface area contributed by atoms with Crippen molar-refractivity contribution in [2.45, 2.75) is 30.7 Å². The normalized spacial score (nSPS) is 17.2. The van der Waals surface area contributed by atoms with Gasteiger partial charge in [0.15, 0.2) is 0 Å². The Kier molecular flexibility index (Phi) is 8.08. The van der Waals surface area contributed by atoms with Gasteiger partial charge in [-0.3, -0.25) is 9.59 Å². The van der Waals surface area contributed by atoms with Crippen LogP contribution in [0.25, 0.3) is 0 Å². The molecular weight excluding hydrogens is 498 g/mol. The molecule has 0 unspecified atom stereocenters. The van der Waals surface area contributed by atoms with Crippen molar-refractivity contribution in [1.82, 2.24) is 9.62 Å². The van der Waals surface area contributed by atoms with Crippen molar-refractivity contribution in [3.63, 3.8) is 0 Å². The lowest BCUT2D eigenvalue weighted by molar-refractivity contribution is -0.120. The Morgan fingerprint density at radius 1 is 0.972 bits per heavy atom. The van der Waals surface area contributed by atoms with Gasteiger partial charge in [-0.2, -0.15) is 4.31 Å². The number of sulfonamides is 1. The molecule has 3 aromatic rings. The Balaban J connectivity index is 1.45. The summed E-state index contributed by atoms with van der Waals surface area (Å²) in [6.45, 7) is 2.30. The highest BCUT2D eigenvalue weighted by molar-refractivity contribution is 7.89. The lowest BCUT2D eigenvalue weighted by Gasteiger charge is -2.31. The first-order valence-corrected chi connectivity index (χ1v) is 13.6. The van der Waals surface area contributed by atoms with Crippen LogP contribution in [0, 0.1) is 5.92 Å². The van der Waals surface area contributed by atoms with Crippen molar-refractivity contribution < 1.29 is 18.0 Å². The highest BCUT2D eigenvalue weighted by atomic mass is 35.5. The average Bonchev–Trinajstić information content (AvgIpc) is 2.89. The van der Waals surface area contributed by atoms with Crippen molar-refractivity contribution >= 4 is 39.1 Å². The molecule has 2 amide bonds. The third-order valence-corrected chi connectivity index (χ3v) is 8.41. The van der Waals surface area contributed by atoms with Gasteiger partial charge in [0, 0.05) is 18.1 Å². The maximum absolute atomic E-state index is 13.2. The minimum atomic E-state index is -3.75. The number of carbonyl (C=O) groups excluding carboxylic acids is 2. The number of piperidine rings is 1. The summed E-state index contributed by atoms with van der Waals surface area (Å²) in [5.74, 6) is -1.17. The van der Waals surface area contributed by atoms with Crippen LogP contribution in [-0.4, -0.2) is 37.6 Å². The van der Waals surface area contributed by atoms with E-state index in [1.165, 1.54) is 28.6 Å². The van der Waals surface area contributed by atoms with Crippen molar-refractivity contribution in [2.75, 3.05) is 18.4 Å². The van der Waals surface area contributed by atoms with E-state index >= 15 is 0 Å². The summed E-state index contributed by atoms with van der Waals surface area (Å²) >= 11 is 5.89. The first-order valence-electron chi connectivity index (χ1n) is 11.8. The minimum Gasteiger partial charge on any atom is -0.345 e. The lowest BCUT2D eigenvalue weighted by Crippen LogP contribution is -2.43. The SMILES string of the molecule is C[C@@H](NC(=O)c1ccccc1NC(=O)[C@H]1CCCN(S(=O)(=O)c2ccc(Cl)cc2)C1)c1ccccc1. The number of para-hydroxylation sites is 1. The number of carbonyl (C=O) groups is 2. The smallest absolute Gasteiger partial charge is 0.253 e. The van der Waals surface area contributed by atoms with Gasteiger partial charge in [0.1, 0.15) is 0 Å². The zero-order valence-corrected chi connectivity index (χ0v) is 21.4. The van der Waals surface area contributed by atoms with Crippen LogP contribution < -0.4 is 10.6 Å². The molecule has 0 bridgehead atoms. The molecule has 1 saturated heterocycles. The van der Waals surface area contributed by atoms with Crippen LogP contribution in [0.1, 0.15) is 41.7 Å². The number of rotatable bonds is 7. The largest absolute Gasteiger partial charge is 0.345 e. The molecule has 0 radical (unpaired) electrons. The van der Waals surface area contributed by atoms with Crippen LogP contribution in [-0.2, 0) is 14.8 Å². The highest BCUT2D eigenvalue weighted by Crippen LogP contribution is 2.26. The van der Waals surface area contributed by atoms with Crippen LogP contribution in [0.5, 0.6) is 0 Å². The Morgan fingerprint density at radius 3 is 2.36 bits per heavy atom. The molecule has 1 fully saturated rings. The number of benzene rings is 3. The molecule has 0 aliphatic carbocycles. The van der Waals surface area contributed by atoms with Crippen molar-refractivity contribution in [3.8, 4) is 0 Å². The fraction of sp³-hybridized carbons (Fsp3) is 0.259. The molecule has 0 aromatic heterocycles. The van der Waals surface area contributed by atoms with Crippen LogP contribution in [0.3, 0.4) is 0 Å². The third-order valence-electron chi connectivity index (χ3n) is 6.28. The van der Waals surface area contributed by atoms with Gasteiger partial charge in [-0.1, -0.05) is 54.1 Å². The van der Waals surface area contributed by atoms with E-state index in [1.54, 1.807) is 24.3 Å². The summed E-state index contributed by atoms with van der Waals surface area (Å²) in [7, 11) is -3.75. The molecule has 1 aliphatic heterocycles. The van der Waals surface area contributed by atoms with Crippen LogP contribution in [0.4, 0.5) is 5.69 Å². The van der Waals surface area contributed by atoms with Gasteiger partial charge >= 0.3 is 0 Å². The van der Waals surface area contributed by atoms with Gasteiger partial charge in [-0.05, 0) is 61.7 Å². The second-order valence-corrected chi connectivity index (χ2v) is 11.2. The molecule has 2 N–H and O–H groups in total. The van der Waals surface area contributed by atoms with E-state index in [9.17, 15) is 18.0 Å². The molecule has 9 heteroatoms. The predicted octanol–water partition coefficient (Wildman–Crippen LogP) is 4.87. The van der Waals surface area contributed by atoms with E-state index in [2.05, 4.69) is 10.6 Å².